The summed E-state index contributed by atoms with van der Waals surface area (Å²) in [5, 5.41) is 0. The van der Waals surface area contributed by atoms with Crippen LogP contribution in [0.3, 0.4) is 0 Å². The molecule has 0 amide bonds. The van der Waals surface area contributed by atoms with Gasteiger partial charge in [0.15, 0.2) is 5.58 Å². The van der Waals surface area contributed by atoms with Crippen molar-refractivity contribution < 1.29 is 8.81 Å². The Hall–Kier alpha value is -2.56. The van der Waals surface area contributed by atoms with Gasteiger partial charge in [0.2, 0.25) is 0 Å². The third-order valence-corrected chi connectivity index (χ3v) is 2.92. The third kappa shape index (κ3) is 1.99. The highest BCUT2D eigenvalue weighted by Gasteiger charge is 2.13. The lowest BCUT2D eigenvalue weighted by atomic mass is 10.3. The molecule has 3 rings (SSSR count). The van der Waals surface area contributed by atoms with Crippen molar-refractivity contribution in [1.29, 1.82) is 0 Å². The molecule has 0 radical (unpaired) electrons. The highest BCUT2D eigenvalue weighted by atomic mass is 19.1. The van der Waals surface area contributed by atoms with Crippen LogP contribution in [-0.4, -0.2) is 12.0 Å². The molecule has 0 aliphatic rings. The van der Waals surface area contributed by atoms with Gasteiger partial charge in [0, 0.05) is 12.7 Å². The number of hydrogen-bond acceptors (Lipinski definition) is 4. The molecule has 1 heterocycles. The zero-order valence-corrected chi connectivity index (χ0v) is 10.3. The highest BCUT2D eigenvalue weighted by Crippen LogP contribution is 2.29. The number of anilines is 3. The van der Waals surface area contributed by atoms with Gasteiger partial charge in [-0.3, -0.25) is 4.90 Å². The molecule has 0 bridgehead atoms. The largest absolute Gasteiger partial charge is 0.423 e. The molecule has 2 aromatic carbocycles. The smallest absolute Gasteiger partial charge is 0.302 e. The monoisotopic (exact) mass is 257 g/mol. The van der Waals surface area contributed by atoms with Gasteiger partial charge >= 0.3 is 6.01 Å². The van der Waals surface area contributed by atoms with Crippen LogP contribution in [0.15, 0.2) is 46.9 Å². The molecule has 0 saturated heterocycles. The predicted molar refractivity (Wildman–Crippen MR) is 72.9 cm³/mol. The van der Waals surface area contributed by atoms with E-state index < -0.39 is 0 Å². The maximum atomic E-state index is 13.2. The van der Waals surface area contributed by atoms with Crippen molar-refractivity contribution in [1.82, 2.24) is 4.98 Å². The molecule has 3 aromatic rings. The van der Waals surface area contributed by atoms with Crippen molar-refractivity contribution in [2.45, 2.75) is 0 Å². The first kappa shape index (κ1) is 11.5. The summed E-state index contributed by atoms with van der Waals surface area (Å²) in [7, 11) is 1.76. The van der Waals surface area contributed by atoms with E-state index >= 15 is 0 Å². The van der Waals surface area contributed by atoms with Gasteiger partial charge < -0.3 is 10.2 Å². The maximum absolute atomic E-state index is 13.2. The lowest BCUT2D eigenvalue weighted by Crippen LogP contribution is -2.09. The SMILES string of the molecule is CN(c1cccc(F)c1)c1nc2c(N)cccc2o1. The standard InChI is InChI=1S/C14H12FN3O/c1-18(10-5-2-4-9(15)8-10)14-17-13-11(16)6-3-7-12(13)19-14/h2-8H,16H2,1H3. The fraction of sp³-hybridized carbons (Fsp3) is 0.0714. The first-order valence-corrected chi connectivity index (χ1v) is 5.79. The number of rotatable bonds is 2. The zero-order chi connectivity index (χ0) is 13.4. The van der Waals surface area contributed by atoms with Crippen LogP contribution in [0.4, 0.5) is 21.8 Å². The second kappa shape index (κ2) is 4.28. The Balaban J connectivity index is 2.06. The van der Waals surface area contributed by atoms with Gasteiger partial charge in [-0.2, -0.15) is 4.98 Å². The first-order chi connectivity index (χ1) is 9.15. The molecule has 0 saturated carbocycles. The van der Waals surface area contributed by atoms with Crippen LogP contribution in [0.2, 0.25) is 0 Å². The summed E-state index contributed by atoms with van der Waals surface area (Å²) in [5.74, 6) is -0.306. The van der Waals surface area contributed by atoms with E-state index in [0.717, 1.165) is 0 Å². The van der Waals surface area contributed by atoms with E-state index in [9.17, 15) is 4.39 Å². The minimum atomic E-state index is -0.306. The second-order valence-corrected chi connectivity index (χ2v) is 4.23. The number of oxazole rings is 1. The molecule has 0 atom stereocenters. The summed E-state index contributed by atoms with van der Waals surface area (Å²) in [5.41, 5.74) is 8.27. The van der Waals surface area contributed by atoms with E-state index in [1.54, 1.807) is 42.3 Å². The Morgan fingerprint density at radius 1 is 1.21 bits per heavy atom. The number of aromatic nitrogens is 1. The summed E-state index contributed by atoms with van der Waals surface area (Å²) in [4.78, 5) is 6.00. The van der Waals surface area contributed by atoms with Gasteiger partial charge in [-0.15, -0.1) is 0 Å². The average molecular weight is 257 g/mol. The third-order valence-electron chi connectivity index (χ3n) is 2.92. The van der Waals surface area contributed by atoms with Crippen molar-refractivity contribution in [3.63, 3.8) is 0 Å². The number of hydrogen-bond donors (Lipinski definition) is 1. The molecule has 0 fully saturated rings. The Bertz CT molecular complexity index is 738. The van der Waals surface area contributed by atoms with Crippen LogP contribution in [0.25, 0.3) is 11.1 Å². The van der Waals surface area contributed by atoms with Crippen LogP contribution >= 0.6 is 0 Å². The summed E-state index contributed by atoms with van der Waals surface area (Å²) in [6, 6.07) is 11.9. The summed E-state index contributed by atoms with van der Waals surface area (Å²) in [6.45, 7) is 0. The van der Waals surface area contributed by atoms with Crippen LogP contribution in [0.1, 0.15) is 0 Å². The Kier molecular flexibility index (Phi) is 2.59. The Morgan fingerprint density at radius 2 is 2.00 bits per heavy atom. The van der Waals surface area contributed by atoms with Crippen molar-refractivity contribution in [2.24, 2.45) is 0 Å². The van der Waals surface area contributed by atoms with E-state index in [-0.39, 0.29) is 5.82 Å². The minimum absolute atomic E-state index is 0.306. The fourth-order valence-corrected chi connectivity index (χ4v) is 1.90. The number of nitrogens with two attached hydrogens (primary N) is 1. The summed E-state index contributed by atoms with van der Waals surface area (Å²) < 4.78 is 18.8. The van der Waals surface area contributed by atoms with E-state index in [1.807, 2.05) is 0 Å². The maximum Gasteiger partial charge on any atom is 0.302 e. The van der Waals surface area contributed by atoms with Crippen molar-refractivity contribution in [3.05, 3.63) is 48.3 Å². The molecule has 0 unspecified atom stereocenters. The molecule has 4 nitrogen and oxygen atoms in total. The van der Waals surface area contributed by atoms with Crippen molar-refractivity contribution in [3.8, 4) is 0 Å². The minimum Gasteiger partial charge on any atom is -0.423 e. The highest BCUT2D eigenvalue weighted by molar-refractivity contribution is 5.86. The molecule has 0 aliphatic carbocycles. The average Bonchev–Trinajstić information content (AvgIpc) is 2.83. The van der Waals surface area contributed by atoms with Crippen LogP contribution in [0, 0.1) is 5.82 Å². The van der Waals surface area contributed by atoms with Crippen molar-refractivity contribution >= 4 is 28.5 Å². The van der Waals surface area contributed by atoms with E-state index in [0.29, 0.717) is 28.5 Å². The van der Waals surface area contributed by atoms with Crippen LogP contribution in [-0.2, 0) is 0 Å². The number of nitrogens with zero attached hydrogens (tertiary/aromatic N) is 2. The number of nitrogen functional groups attached to an aromatic ring is 1. The lowest BCUT2D eigenvalue weighted by Gasteiger charge is -2.13. The topological polar surface area (TPSA) is 55.3 Å². The molecular weight excluding hydrogens is 245 g/mol. The van der Waals surface area contributed by atoms with Crippen molar-refractivity contribution in [2.75, 3.05) is 17.7 Å². The Labute approximate surface area is 109 Å². The lowest BCUT2D eigenvalue weighted by molar-refractivity contribution is 0.601. The predicted octanol–water partition coefficient (Wildman–Crippen LogP) is 3.32. The van der Waals surface area contributed by atoms with Gasteiger partial charge in [-0.25, -0.2) is 4.39 Å². The molecule has 96 valence electrons. The zero-order valence-electron chi connectivity index (χ0n) is 10.3. The molecule has 0 aliphatic heterocycles. The van der Waals surface area contributed by atoms with Gasteiger partial charge in [-0.1, -0.05) is 12.1 Å². The molecule has 5 heteroatoms. The molecule has 2 N–H and O–H groups in total. The normalized spacial score (nSPS) is 10.8. The molecule has 0 spiro atoms. The van der Waals surface area contributed by atoms with Gasteiger partial charge in [-0.05, 0) is 30.3 Å². The molecule has 19 heavy (non-hydrogen) atoms. The van der Waals surface area contributed by atoms with E-state index in [4.69, 9.17) is 10.2 Å². The van der Waals surface area contributed by atoms with Crippen LogP contribution < -0.4 is 10.6 Å². The number of benzene rings is 2. The van der Waals surface area contributed by atoms with E-state index in [1.165, 1.54) is 12.1 Å². The van der Waals surface area contributed by atoms with Gasteiger partial charge in [0.25, 0.3) is 0 Å². The number of fused-ring (bicyclic) bond motifs is 1. The Morgan fingerprint density at radius 3 is 2.74 bits per heavy atom. The summed E-state index contributed by atoms with van der Waals surface area (Å²) in [6.07, 6.45) is 0. The quantitative estimate of drug-likeness (QED) is 0.715. The van der Waals surface area contributed by atoms with Gasteiger partial charge in [0.05, 0.1) is 5.69 Å². The van der Waals surface area contributed by atoms with Crippen LogP contribution in [0.5, 0.6) is 0 Å². The second-order valence-electron chi connectivity index (χ2n) is 4.23. The van der Waals surface area contributed by atoms with E-state index in [2.05, 4.69) is 4.98 Å². The summed E-state index contributed by atoms with van der Waals surface area (Å²) >= 11 is 0. The fourth-order valence-electron chi connectivity index (χ4n) is 1.90. The molecule has 1 aromatic heterocycles. The number of para-hydroxylation sites is 1. The first-order valence-electron chi connectivity index (χ1n) is 5.79. The molecular formula is C14H12FN3O. The number of halogens is 1. The van der Waals surface area contributed by atoms with Gasteiger partial charge in [0.1, 0.15) is 11.3 Å².